The van der Waals surface area contributed by atoms with Gasteiger partial charge in [0.15, 0.2) is 0 Å². The Morgan fingerprint density at radius 2 is 2.05 bits per heavy atom. The minimum atomic E-state index is -0.219. The quantitative estimate of drug-likeness (QED) is 0.917. The third kappa shape index (κ3) is 3.14. The van der Waals surface area contributed by atoms with E-state index < -0.39 is 0 Å². The molecule has 1 N–H and O–H groups in total. The first kappa shape index (κ1) is 14.0. The first-order chi connectivity index (χ1) is 8.83. The lowest BCUT2D eigenvalue weighted by Crippen LogP contribution is -2.28. The molecule has 19 heavy (non-hydrogen) atoms. The van der Waals surface area contributed by atoms with Crippen molar-refractivity contribution in [1.29, 1.82) is 0 Å². The molecular weight excluding hydrogens is 265 g/mol. The van der Waals surface area contributed by atoms with Crippen LogP contribution < -0.4 is 5.32 Å². The van der Waals surface area contributed by atoms with Crippen LogP contribution in [0.5, 0.6) is 0 Å². The average Bonchev–Trinajstić information content (AvgIpc) is 2.89. The van der Waals surface area contributed by atoms with E-state index in [1.165, 1.54) is 12.1 Å². The largest absolute Gasteiger partial charge is 0.334 e. The molecule has 0 saturated carbocycles. The second kappa shape index (κ2) is 6.17. The topological polar surface area (TPSA) is 29.9 Å². The smallest absolute Gasteiger partial charge is 0.123 e. The monoisotopic (exact) mass is 281 g/mol. The number of piperidine rings is 1. The van der Waals surface area contributed by atoms with Gasteiger partial charge < -0.3 is 9.88 Å². The van der Waals surface area contributed by atoms with E-state index in [4.69, 9.17) is 0 Å². The molecule has 0 amide bonds. The maximum atomic E-state index is 13.2. The molecule has 1 aromatic carbocycles. The number of halogens is 2. The molecule has 1 aliphatic heterocycles. The van der Waals surface area contributed by atoms with Gasteiger partial charge in [-0.3, -0.25) is 0 Å². The lowest BCUT2D eigenvalue weighted by molar-refractivity contribution is 0.368. The van der Waals surface area contributed by atoms with E-state index in [2.05, 4.69) is 14.9 Å². The molecule has 1 saturated heterocycles. The molecule has 0 spiro atoms. The molecule has 0 bridgehead atoms. The maximum absolute atomic E-state index is 13.2. The summed E-state index contributed by atoms with van der Waals surface area (Å²) in [4.78, 5) is 4.38. The zero-order valence-electron chi connectivity index (χ0n) is 10.6. The summed E-state index contributed by atoms with van der Waals surface area (Å²) in [6, 6.07) is 7.09. The van der Waals surface area contributed by atoms with Crippen LogP contribution in [0, 0.1) is 5.82 Å². The van der Waals surface area contributed by atoms with E-state index in [1.54, 1.807) is 6.07 Å². The van der Waals surface area contributed by atoms with E-state index >= 15 is 0 Å². The van der Waals surface area contributed by atoms with Gasteiger partial charge in [0.1, 0.15) is 5.82 Å². The highest BCUT2D eigenvalue weighted by Crippen LogP contribution is 2.23. The van der Waals surface area contributed by atoms with Gasteiger partial charge in [0.25, 0.3) is 0 Å². The minimum Gasteiger partial charge on any atom is -0.334 e. The molecule has 102 valence electrons. The van der Waals surface area contributed by atoms with Crippen molar-refractivity contribution in [2.45, 2.75) is 18.9 Å². The Labute approximate surface area is 118 Å². The fraction of sp³-hybridized carbons (Fsp3) is 0.357. The van der Waals surface area contributed by atoms with Crippen LogP contribution in [-0.2, 0) is 0 Å². The Balaban J connectivity index is 0.00000133. The van der Waals surface area contributed by atoms with E-state index in [9.17, 15) is 4.39 Å². The fourth-order valence-electron chi connectivity index (χ4n) is 2.44. The van der Waals surface area contributed by atoms with Gasteiger partial charge in [0.05, 0.1) is 12.0 Å². The highest BCUT2D eigenvalue weighted by molar-refractivity contribution is 5.85. The lowest BCUT2D eigenvalue weighted by atomic mass is 10.1. The second-order valence-corrected chi connectivity index (χ2v) is 4.70. The van der Waals surface area contributed by atoms with Gasteiger partial charge in [-0.2, -0.15) is 0 Å². The molecule has 1 fully saturated rings. The molecule has 0 unspecified atom stereocenters. The first-order valence-electron chi connectivity index (χ1n) is 6.33. The number of imidazole rings is 1. The van der Waals surface area contributed by atoms with Crippen LogP contribution >= 0.6 is 12.4 Å². The van der Waals surface area contributed by atoms with Crippen LogP contribution in [0.25, 0.3) is 11.3 Å². The summed E-state index contributed by atoms with van der Waals surface area (Å²) in [6.07, 6.45) is 6.12. The molecule has 3 rings (SSSR count). The summed E-state index contributed by atoms with van der Waals surface area (Å²) in [5, 5.41) is 3.35. The van der Waals surface area contributed by atoms with Crippen LogP contribution in [0.1, 0.15) is 18.9 Å². The first-order valence-corrected chi connectivity index (χ1v) is 6.33. The van der Waals surface area contributed by atoms with E-state index in [0.717, 1.165) is 37.2 Å². The Morgan fingerprint density at radius 3 is 2.79 bits per heavy atom. The molecule has 0 aliphatic carbocycles. The van der Waals surface area contributed by atoms with Gasteiger partial charge in [-0.25, -0.2) is 9.37 Å². The van der Waals surface area contributed by atoms with Crippen LogP contribution in [0.15, 0.2) is 36.8 Å². The van der Waals surface area contributed by atoms with Crippen molar-refractivity contribution >= 4 is 12.4 Å². The van der Waals surface area contributed by atoms with Crippen LogP contribution in [0.3, 0.4) is 0 Å². The predicted octanol–water partition coefficient (Wildman–Crippen LogP) is 3.04. The van der Waals surface area contributed by atoms with Gasteiger partial charge in [-0.1, -0.05) is 12.1 Å². The fourth-order valence-corrected chi connectivity index (χ4v) is 2.44. The molecule has 0 radical (unpaired) electrons. The Morgan fingerprint density at radius 1 is 1.26 bits per heavy atom. The molecule has 1 aliphatic rings. The van der Waals surface area contributed by atoms with Gasteiger partial charge in [-0.05, 0) is 38.1 Å². The normalized spacial score (nSPS) is 16.1. The summed E-state index contributed by atoms with van der Waals surface area (Å²) in [5.74, 6) is -0.219. The zero-order chi connectivity index (χ0) is 12.4. The van der Waals surface area contributed by atoms with Crippen molar-refractivity contribution in [3.8, 4) is 11.3 Å². The van der Waals surface area contributed by atoms with E-state index in [0.29, 0.717) is 6.04 Å². The van der Waals surface area contributed by atoms with Crippen molar-refractivity contribution in [3.63, 3.8) is 0 Å². The summed E-state index contributed by atoms with van der Waals surface area (Å²) < 4.78 is 15.3. The summed E-state index contributed by atoms with van der Waals surface area (Å²) in [7, 11) is 0. The molecule has 1 aromatic heterocycles. The Hall–Kier alpha value is -1.39. The van der Waals surface area contributed by atoms with Crippen LogP contribution in [-0.4, -0.2) is 22.6 Å². The Bertz CT molecular complexity index is 535. The van der Waals surface area contributed by atoms with Crippen molar-refractivity contribution in [2.24, 2.45) is 0 Å². The maximum Gasteiger partial charge on any atom is 0.123 e. The molecular formula is C14H17ClFN3. The number of hydrogen-bond acceptors (Lipinski definition) is 2. The minimum absolute atomic E-state index is 0. The number of aromatic nitrogens is 2. The number of hydrogen-bond donors (Lipinski definition) is 1. The summed E-state index contributed by atoms with van der Waals surface area (Å²) >= 11 is 0. The van der Waals surface area contributed by atoms with Gasteiger partial charge in [0.2, 0.25) is 0 Å². The number of rotatable bonds is 2. The highest BCUT2D eigenvalue weighted by Gasteiger charge is 2.15. The summed E-state index contributed by atoms with van der Waals surface area (Å²) in [6.45, 7) is 2.11. The van der Waals surface area contributed by atoms with Gasteiger partial charge >= 0.3 is 0 Å². The van der Waals surface area contributed by atoms with Crippen molar-refractivity contribution in [2.75, 3.05) is 13.1 Å². The molecule has 2 heterocycles. The standard InChI is InChI=1S/C14H16FN3.ClH/c15-12-3-1-2-11(8-12)14-9-18(10-17-14)13-4-6-16-7-5-13;/h1-3,8-10,13,16H,4-7H2;1H. The highest BCUT2D eigenvalue weighted by atomic mass is 35.5. The van der Waals surface area contributed by atoms with Gasteiger partial charge in [0, 0.05) is 17.8 Å². The third-order valence-corrected chi connectivity index (χ3v) is 3.45. The average molecular weight is 282 g/mol. The molecule has 0 atom stereocenters. The summed E-state index contributed by atoms with van der Waals surface area (Å²) in [5.41, 5.74) is 1.68. The molecule has 5 heteroatoms. The number of nitrogens with zero attached hydrogens (tertiary/aromatic N) is 2. The van der Waals surface area contributed by atoms with Crippen molar-refractivity contribution in [3.05, 3.63) is 42.6 Å². The SMILES string of the molecule is Cl.Fc1cccc(-c2cn(C3CCNCC3)cn2)c1. The molecule has 3 nitrogen and oxygen atoms in total. The van der Waals surface area contributed by atoms with Crippen molar-refractivity contribution < 1.29 is 4.39 Å². The van der Waals surface area contributed by atoms with E-state index in [1.807, 2.05) is 18.6 Å². The zero-order valence-corrected chi connectivity index (χ0v) is 11.4. The molecule has 2 aromatic rings. The number of benzene rings is 1. The Kier molecular flexibility index (Phi) is 4.56. The van der Waals surface area contributed by atoms with Gasteiger partial charge in [-0.15, -0.1) is 12.4 Å². The van der Waals surface area contributed by atoms with E-state index in [-0.39, 0.29) is 18.2 Å². The second-order valence-electron chi connectivity index (χ2n) is 4.70. The lowest BCUT2D eigenvalue weighted by Gasteiger charge is -2.23. The third-order valence-electron chi connectivity index (χ3n) is 3.45. The van der Waals surface area contributed by atoms with Crippen LogP contribution in [0.4, 0.5) is 4.39 Å². The number of nitrogens with one attached hydrogen (secondary N) is 1. The predicted molar refractivity (Wildman–Crippen MR) is 76.0 cm³/mol. The van der Waals surface area contributed by atoms with Crippen LogP contribution in [0.2, 0.25) is 0 Å². The van der Waals surface area contributed by atoms with Crippen molar-refractivity contribution in [1.82, 2.24) is 14.9 Å².